The van der Waals surface area contributed by atoms with Crippen LogP contribution in [0, 0.1) is 5.82 Å². The number of aromatic amines is 1. The molecule has 84 valence electrons. The van der Waals surface area contributed by atoms with Crippen molar-refractivity contribution in [2.24, 2.45) is 5.73 Å². The molecule has 1 heterocycles. The molecule has 1 aromatic carbocycles. The predicted molar refractivity (Wildman–Crippen MR) is 64.4 cm³/mol. The van der Waals surface area contributed by atoms with Crippen molar-refractivity contribution < 1.29 is 4.39 Å². The van der Waals surface area contributed by atoms with Crippen molar-refractivity contribution in [3.63, 3.8) is 0 Å². The summed E-state index contributed by atoms with van der Waals surface area (Å²) in [6, 6.07) is 6.57. The number of benzene rings is 1. The van der Waals surface area contributed by atoms with E-state index >= 15 is 0 Å². The Morgan fingerprint density at radius 2 is 2.12 bits per heavy atom. The summed E-state index contributed by atoms with van der Waals surface area (Å²) in [5, 5.41) is 0. The lowest BCUT2D eigenvalue weighted by Crippen LogP contribution is -2.04. The number of nitrogens with one attached hydrogen (secondary N) is 1. The molecule has 0 aliphatic carbocycles. The molecule has 0 aliphatic heterocycles. The van der Waals surface area contributed by atoms with Gasteiger partial charge in [0.25, 0.3) is 0 Å². The van der Waals surface area contributed by atoms with E-state index in [9.17, 15) is 4.39 Å². The van der Waals surface area contributed by atoms with Crippen molar-refractivity contribution in [2.45, 2.75) is 6.42 Å². The highest BCUT2D eigenvalue weighted by molar-refractivity contribution is 9.10. The summed E-state index contributed by atoms with van der Waals surface area (Å²) in [5.41, 5.74) is 7.46. The highest BCUT2D eigenvalue weighted by Gasteiger charge is 2.13. The zero-order valence-electron chi connectivity index (χ0n) is 8.50. The van der Waals surface area contributed by atoms with Crippen LogP contribution in [-0.2, 0) is 6.42 Å². The molecule has 0 unspecified atom stereocenters. The van der Waals surface area contributed by atoms with Crippen LogP contribution in [0.2, 0.25) is 0 Å². The van der Waals surface area contributed by atoms with Gasteiger partial charge in [-0.1, -0.05) is 12.1 Å². The summed E-state index contributed by atoms with van der Waals surface area (Å²) >= 11 is 3.24. The third-order valence-corrected chi connectivity index (χ3v) is 2.65. The first-order valence-corrected chi connectivity index (χ1v) is 5.71. The molecule has 0 fully saturated rings. The van der Waals surface area contributed by atoms with E-state index in [1.807, 2.05) is 0 Å². The third kappa shape index (κ3) is 2.15. The number of nitrogens with zero attached hydrogens (tertiary/aromatic N) is 1. The second-order valence-electron chi connectivity index (χ2n) is 3.37. The number of hydrogen-bond donors (Lipinski definition) is 2. The number of halogens is 2. The Morgan fingerprint density at radius 3 is 2.81 bits per heavy atom. The van der Waals surface area contributed by atoms with Crippen molar-refractivity contribution in [2.75, 3.05) is 6.54 Å². The summed E-state index contributed by atoms with van der Waals surface area (Å²) in [5.74, 6) is -0.278. The molecule has 3 nitrogen and oxygen atoms in total. The van der Waals surface area contributed by atoms with Gasteiger partial charge in [0.05, 0.1) is 5.69 Å². The average molecular weight is 284 g/mol. The Morgan fingerprint density at radius 1 is 1.38 bits per heavy atom. The lowest BCUT2D eigenvalue weighted by atomic mass is 10.1. The van der Waals surface area contributed by atoms with E-state index in [0.29, 0.717) is 29.0 Å². The molecule has 0 saturated heterocycles. The first kappa shape index (κ1) is 11.3. The van der Waals surface area contributed by atoms with Gasteiger partial charge >= 0.3 is 0 Å². The number of nitrogens with two attached hydrogens (primary N) is 1. The van der Waals surface area contributed by atoms with Gasteiger partial charge in [-0.2, -0.15) is 0 Å². The lowest BCUT2D eigenvalue weighted by molar-refractivity contribution is 0.630. The molecule has 0 spiro atoms. The van der Waals surface area contributed by atoms with Crippen LogP contribution in [0.4, 0.5) is 4.39 Å². The molecule has 0 radical (unpaired) electrons. The minimum absolute atomic E-state index is 0.278. The summed E-state index contributed by atoms with van der Waals surface area (Å²) in [7, 11) is 0. The van der Waals surface area contributed by atoms with Gasteiger partial charge in [0, 0.05) is 17.7 Å². The van der Waals surface area contributed by atoms with E-state index in [1.165, 1.54) is 6.07 Å². The second kappa shape index (κ2) is 4.76. The molecule has 16 heavy (non-hydrogen) atoms. The van der Waals surface area contributed by atoms with Gasteiger partial charge in [-0.05, 0) is 34.6 Å². The van der Waals surface area contributed by atoms with Crippen molar-refractivity contribution in [3.05, 3.63) is 40.5 Å². The van der Waals surface area contributed by atoms with Crippen molar-refractivity contribution in [1.29, 1.82) is 0 Å². The summed E-state index contributed by atoms with van der Waals surface area (Å²) in [6.07, 6.45) is 0.641. The van der Waals surface area contributed by atoms with Crippen LogP contribution in [0.1, 0.15) is 5.69 Å². The van der Waals surface area contributed by atoms with Crippen molar-refractivity contribution in [3.8, 4) is 11.3 Å². The Balaban J connectivity index is 2.51. The van der Waals surface area contributed by atoms with Gasteiger partial charge in [-0.3, -0.25) is 0 Å². The predicted octanol–water partition coefficient (Wildman–Crippen LogP) is 2.48. The Bertz CT molecular complexity index is 496. The van der Waals surface area contributed by atoms with Crippen LogP contribution >= 0.6 is 15.9 Å². The van der Waals surface area contributed by atoms with Gasteiger partial charge < -0.3 is 10.7 Å². The van der Waals surface area contributed by atoms with Crippen LogP contribution in [0.3, 0.4) is 0 Å². The number of rotatable bonds is 3. The summed E-state index contributed by atoms with van der Waals surface area (Å²) in [6.45, 7) is 0.496. The molecular weight excluding hydrogens is 273 g/mol. The van der Waals surface area contributed by atoms with Crippen LogP contribution in [-0.4, -0.2) is 16.5 Å². The fourth-order valence-electron chi connectivity index (χ4n) is 1.58. The fourth-order valence-corrected chi connectivity index (χ4v) is 2.00. The molecule has 0 atom stereocenters. The maximum Gasteiger partial charge on any atom is 0.175 e. The molecule has 0 aliphatic rings. The molecule has 5 heteroatoms. The van der Waals surface area contributed by atoms with Gasteiger partial charge in [-0.25, -0.2) is 9.37 Å². The van der Waals surface area contributed by atoms with E-state index in [-0.39, 0.29) is 5.82 Å². The van der Waals surface area contributed by atoms with E-state index in [0.717, 1.165) is 5.69 Å². The van der Waals surface area contributed by atoms with Crippen LogP contribution < -0.4 is 5.73 Å². The highest BCUT2D eigenvalue weighted by atomic mass is 79.9. The molecule has 0 saturated carbocycles. The SMILES string of the molecule is NCCc1[nH]c(Br)nc1-c1ccccc1F. The molecule has 0 amide bonds. The Labute approximate surface area is 101 Å². The minimum Gasteiger partial charge on any atom is -0.336 e. The molecule has 0 bridgehead atoms. The third-order valence-electron chi connectivity index (χ3n) is 2.27. The fraction of sp³-hybridized carbons (Fsp3) is 0.182. The number of imidazole rings is 1. The quantitative estimate of drug-likeness (QED) is 0.909. The molecular formula is C11H11BrFN3. The van der Waals surface area contributed by atoms with Crippen molar-refractivity contribution >= 4 is 15.9 Å². The topological polar surface area (TPSA) is 54.7 Å². The van der Waals surface area contributed by atoms with Crippen LogP contribution in [0.25, 0.3) is 11.3 Å². The Hall–Kier alpha value is -1.20. The highest BCUT2D eigenvalue weighted by Crippen LogP contribution is 2.26. The average Bonchev–Trinajstić information content (AvgIpc) is 2.61. The van der Waals surface area contributed by atoms with E-state index in [1.54, 1.807) is 18.2 Å². The van der Waals surface area contributed by atoms with Gasteiger partial charge in [0.15, 0.2) is 4.73 Å². The molecule has 2 rings (SSSR count). The number of hydrogen-bond acceptors (Lipinski definition) is 2. The van der Waals surface area contributed by atoms with Crippen molar-refractivity contribution in [1.82, 2.24) is 9.97 Å². The summed E-state index contributed by atoms with van der Waals surface area (Å²) < 4.78 is 14.2. The number of H-pyrrole nitrogens is 1. The smallest absolute Gasteiger partial charge is 0.175 e. The van der Waals surface area contributed by atoms with Crippen LogP contribution in [0.15, 0.2) is 29.0 Å². The first-order valence-electron chi connectivity index (χ1n) is 4.91. The monoisotopic (exact) mass is 283 g/mol. The van der Waals surface area contributed by atoms with Crippen LogP contribution in [0.5, 0.6) is 0 Å². The number of aromatic nitrogens is 2. The van der Waals surface area contributed by atoms with Gasteiger partial charge in [0.1, 0.15) is 5.82 Å². The molecule has 1 aromatic heterocycles. The first-order chi connectivity index (χ1) is 7.72. The van der Waals surface area contributed by atoms with Gasteiger partial charge in [-0.15, -0.1) is 0 Å². The standard InChI is InChI=1S/C11H11BrFN3/c12-11-15-9(5-6-14)10(16-11)7-3-1-2-4-8(7)13/h1-4H,5-6,14H2,(H,15,16). The normalized spacial score (nSPS) is 10.7. The largest absolute Gasteiger partial charge is 0.336 e. The van der Waals surface area contributed by atoms with E-state index < -0.39 is 0 Å². The summed E-state index contributed by atoms with van der Waals surface area (Å²) in [4.78, 5) is 7.26. The van der Waals surface area contributed by atoms with Gasteiger partial charge in [0.2, 0.25) is 0 Å². The van der Waals surface area contributed by atoms with E-state index in [2.05, 4.69) is 25.9 Å². The zero-order chi connectivity index (χ0) is 11.5. The lowest BCUT2D eigenvalue weighted by Gasteiger charge is -2.02. The second-order valence-corrected chi connectivity index (χ2v) is 4.12. The molecule has 3 N–H and O–H groups in total. The molecule has 2 aromatic rings. The maximum absolute atomic E-state index is 13.6. The van der Waals surface area contributed by atoms with E-state index in [4.69, 9.17) is 5.73 Å². The maximum atomic E-state index is 13.6. The zero-order valence-corrected chi connectivity index (χ0v) is 10.1. The Kier molecular flexibility index (Phi) is 3.36. The minimum atomic E-state index is -0.278.